The lowest BCUT2D eigenvalue weighted by atomic mass is 9.83. The average Bonchev–Trinajstić information content (AvgIpc) is 2.79. The Morgan fingerprint density at radius 1 is 1.50 bits per heavy atom. The highest BCUT2D eigenvalue weighted by atomic mass is 16.5. The van der Waals surface area contributed by atoms with Gasteiger partial charge in [0.25, 0.3) is 0 Å². The number of aliphatic hydroxyl groups is 1. The average molecular weight is 409 g/mol. The molecule has 160 valence electrons. The predicted molar refractivity (Wildman–Crippen MR) is 124 cm³/mol. The molecule has 30 heavy (non-hydrogen) atoms. The third-order valence-electron chi connectivity index (χ3n) is 5.89. The highest BCUT2D eigenvalue weighted by Crippen LogP contribution is 2.44. The maximum atomic E-state index is 10.5. The number of ether oxygens (including phenoxy) is 1. The molecule has 1 aromatic rings. The van der Waals surface area contributed by atoms with Crippen molar-refractivity contribution >= 4 is 17.6 Å². The molecule has 0 fully saturated rings. The summed E-state index contributed by atoms with van der Waals surface area (Å²) in [5.41, 5.74) is 2.63. The van der Waals surface area contributed by atoms with Gasteiger partial charge in [0.15, 0.2) is 0 Å². The van der Waals surface area contributed by atoms with Crippen LogP contribution in [0.3, 0.4) is 0 Å². The van der Waals surface area contributed by atoms with Crippen molar-refractivity contribution in [3.8, 4) is 18.2 Å². The lowest BCUT2D eigenvalue weighted by Gasteiger charge is -2.46. The molecular formula is C24H32N4O2. The smallest absolute Gasteiger partial charge is 0.121 e. The van der Waals surface area contributed by atoms with Crippen LogP contribution >= 0.6 is 0 Å². The second-order valence-electron chi connectivity index (χ2n) is 7.63. The van der Waals surface area contributed by atoms with Crippen molar-refractivity contribution in [1.82, 2.24) is 5.32 Å². The molecule has 3 atom stereocenters. The standard InChI is InChI=1S/C24H32N4O2/c1-5-8-22-24(6-2,13-16-26-23(29)18-11-14-25-15-12-18)27-20-17-19(30-4)9-10-21(20)28(22)7-3/h3,8-11,14-15,17-18,23,26-27,29H,5-6,12-13,16H2,1-2,4H3/b22-8-. The van der Waals surface area contributed by atoms with Crippen LogP contribution in [0.4, 0.5) is 11.4 Å². The highest BCUT2D eigenvalue weighted by molar-refractivity contribution is 5.81. The number of aliphatic imine (C=N–C) groups is 1. The minimum Gasteiger partial charge on any atom is -0.497 e. The van der Waals surface area contributed by atoms with Crippen molar-refractivity contribution in [1.29, 1.82) is 0 Å². The number of nitrogens with one attached hydrogen (secondary N) is 2. The van der Waals surface area contributed by atoms with Crippen molar-refractivity contribution in [2.45, 2.75) is 51.3 Å². The minimum absolute atomic E-state index is 0.0391. The van der Waals surface area contributed by atoms with Gasteiger partial charge in [0.2, 0.25) is 0 Å². The number of fused-ring (bicyclic) bond motifs is 1. The quantitative estimate of drug-likeness (QED) is 0.450. The fraction of sp³-hybridized carbons (Fsp3) is 0.458. The van der Waals surface area contributed by atoms with Gasteiger partial charge in [-0.05, 0) is 37.8 Å². The molecule has 2 heterocycles. The number of aliphatic hydroxyl groups excluding tert-OH is 1. The molecular weight excluding hydrogens is 376 g/mol. The fourth-order valence-electron chi connectivity index (χ4n) is 4.16. The first-order chi connectivity index (χ1) is 14.6. The van der Waals surface area contributed by atoms with E-state index in [0.717, 1.165) is 48.5 Å². The number of terminal acetylenes is 1. The van der Waals surface area contributed by atoms with Crippen LogP contribution < -0.4 is 20.3 Å². The number of hydrogen-bond donors (Lipinski definition) is 3. The molecule has 2 aliphatic rings. The molecule has 3 rings (SSSR count). The van der Waals surface area contributed by atoms with Crippen LogP contribution in [0.5, 0.6) is 5.75 Å². The SMILES string of the molecule is C#CN1/C(=C\CC)C(CC)(CCNC(O)C2C=CN=CC2)Nc2cc(OC)ccc21. The van der Waals surface area contributed by atoms with Crippen molar-refractivity contribution in [3.05, 3.63) is 42.2 Å². The van der Waals surface area contributed by atoms with Crippen LogP contribution in [-0.2, 0) is 0 Å². The molecule has 3 N–H and O–H groups in total. The van der Waals surface area contributed by atoms with E-state index >= 15 is 0 Å². The summed E-state index contributed by atoms with van der Waals surface area (Å²) in [5, 5.41) is 17.6. The summed E-state index contributed by atoms with van der Waals surface area (Å²) in [7, 11) is 1.66. The van der Waals surface area contributed by atoms with E-state index in [1.807, 2.05) is 35.4 Å². The third kappa shape index (κ3) is 4.38. The normalized spacial score (nSPS) is 24.8. The second-order valence-corrected chi connectivity index (χ2v) is 7.63. The number of rotatable bonds is 8. The zero-order valence-electron chi connectivity index (χ0n) is 18.1. The van der Waals surface area contributed by atoms with Gasteiger partial charge in [0.05, 0.1) is 29.7 Å². The Morgan fingerprint density at radius 3 is 2.97 bits per heavy atom. The Balaban J connectivity index is 1.84. The molecule has 2 aliphatic heterocycles. The molecule has 6 heteroatoms. The summed E-state index contributed by atoms with van der Waals surface area (Å²) in [6.07, 6.45) is 16.3. The number of benzene rings is 1. The predicted octanol–water partition coefficient (Wildman–Crippen LogP) is 3.86. The highest BCUT2D eigenvalue weighted by Gasteiger charge is 2.40. The fourth-order valence-corrected chi connectivity index (χ4v) is 4.16. The first kappa shape index (κ1) is 21.9. The van der Waals surface area contributed by atoms with Crippen LogP contribution in [0.2, 0.25) is 0 Å². The molecule has 0 saturated carbocycles. The molecule has 1 aromatic carbocycles. The lowest BCUT2D eigenvalue weighted by molar-refractivity contribution is 0.0958. The van der Waals surface area contributed by atoms with E-state index in [4.69, 9.17) is 11.2 Å². The van der Waals surface area contributed by atoms with Gasteiger partial charge in [-0.3, -0.25) is 15.2 Å². The van der Waals surface area contributed by atoms with Crippen molar-refractivity contribution in [2.24, 2.45) is 10.9 Å². The topological polar surface area (TPSA) is 69.1 Å². The zero-order chi connectivity index (χ0) is 21.6. The van der Waals surface area contributed by atoms with E-state index in [2.05, 4.69) is 41.6 Å². The molecule has 3 unspecified atom stereocenters. The van der Waals surface area contributed by atoms with Crippen LogP contribution in [0.15, 0.2) is 47.2 Å². The Hall–Kier alpha value is -2.75. The van der Waals surface area contributed by atoms with Crippen LogP contribution in [-0.4, -0.2) is 36.7 Å². The van der Waals surface area contributed by atoms with Crippen molar-refractivity contribution < 1.29 is 9.84 Å². The number of allylic oxidation sites excluding steroid dienone is 1. The lowest BCUT2D eigenvalue weighted by Crippen LogP contribution is -2.51. The van der Waals surface area contributed by atoms with E-state index in [9.17, 15) is 5.11 Å². The summed E-state index contributed by atoms with van der Waals surface area (Å²) in [6.45, 7) is 4.92. The summed E-state index contributed by atoms with van der Waals surface area (Å²) in [6, 6.07) is 8.76. The Morgan fingerprint density at radius 2 is 2.33 bits per heavy atom. The van der Waals surface area contributed by atoms with E-state index in [1.54, 1.807) is 13.3 Å². The molecule has 0 radical (unpaired) electrons. The van der Waals surface area contributed by atoms with Gasteiger partial charge in [0, 0.05) is 37.0 Å². The number of nitrogens with zero attached hydrogens (tertiary/aromatic N) is 2. The van der Waals surface area contributed by atoms with Crippen molar-refractivity contribution in [3.63, 3.8) is 0 Å². The first-order valence-electron chi connectivity index (χ1n) is 10.6. The maximum absolute atomic E-state index is 10.5. The monoisotopic (exact) mass is 408 g/mol. The van der Waals surface area contributed by atoms with Crippen LogP contribution in [0.1, 0.15) is 39.5 Å². The molecule has 0 aromatic heterocycles. The summed E-state index contributed by atoms with van der Waals surface area (Å²) in [5.74, 6) is 0.822. The second kappa shape index (κ2) is 9.84. The first-order valence-corrected chi connectivity index (χ1v) is 10.6. The molecule has 0 spiro atoms. The summed E-state index contributed by atoms with van der Waals surface area (Å²) < 4.78 is 5.42. The minimum atomic E-state index is -0.611. The Bertz CT molecular complexity index is 870. The van der Waals surface area contributed by atoms with Crippen molar-refractivity contribution in [2.75, 3.05) is 23.9 Å². The van der Waals surface area contributed by atoms with Crippen LogP contribution in [0.25, 0.3) is 0 Å². The van der Waals surface area contributed by atoms with Gasteiger partial charge in [-0.25, -0.2) is 0 Å². The molecule has 0 bridgehead atoms. The van der Waals surface area contributed by atoms with Gasteiger partial charge in [-0.1, -0.05) is 32.4 Å². The van der Waals surface area contributed by atoms with Gasteiger partial charge < -0.3 is 15.2 Å². The maximum Gasteiger partial charge on any atom is 0.121 e. The van der Waals surface area contributed by atoms with E-state index < -0.39 is 6.23 Å². The zero-order valence-corrected chi connectivity index (χ0v) is 18.1. The third-order valence-corrected chi connectivity index (χ3v) is 5.89. The Kier molecular flexibility index (Phi) is 7.20. The number of hydrogen-bond acceptors (Lipinski definition) is 6. The molecule has 6 nitrogen and oxygen atoms in total. The largest absolute Gasteiger partial charge is 0.497 e. The Labute approximate surface area is 179 Å². The summed E-state index contributed by atoms with van der Waals surface area (Å²) in [4.78, 5) is 6.01. The molecule has 0 aliphatic carbocycles. The van der Waals surface area contributed by atoms with Gasteiger partial charge in [0.1, 0.15) is 12.0 Å². The van der Waals surface area contributed by atoms with Gasteiger partial charge >= 0.3 is 0 Å². The number of anilines is 2. The van der Waals surface area contributed by atoms with Gasteiger partial charge in [-0.2, -0.15) is 0 Å². The van der Waals surface area contributed by atoms with Gasteiger partial charge in [-0.15, -0.1) is 0 Å². The molecule has 0 amide bonds. The van der Waals surface area contributed by atoms with E-state index in [0.29, 0.717) is 6.54 Å². The van der Waals surface area contributed by atoms with E-state index in [1.165, 1.54) is 0 Å². The molecule has 0 saturated heterocycles. The van der Waals surface area contributed by atoms with E-state index in [-0.39, 0.29) is 11.5 Å². The number of methoxy groups -OCH3 is 1. The van der Waals surface area contributed by atoms with Crippen LogP contribution in [0, 0.1) is 18.4 Å². The summed E-state index contributed by atoms with van der Waals surface area (Å²) >= 11 is 0.